The lowest BCUT2D eigenvalue weighted by Gasteiger charge is -2.00. The molecule has 0 aromatic heterocycles. The van der Waals surface area contributed by atoms with Gasteiger partial charge in [-0.2, -0.15) is 0 Å². The standard InChI is InChI=1S/C13H25O/c1-3-5-7-8-10-12-13(14)11-9-6-4-2/h2-12H2,1H3. The fraction of sp³-hybridized carbons (Fsp3) is 0.846. The number of ketones is 1. The highest BCUT2D eigenvalue weighted by Crippen LogP contribution is 2.08. The Morgan fingerprint density at radius 2 is 1.50 bits per heavy atom. The van der Waals surface area contributed by atoms with Gasteiger partial charge in [0, 0.05) is 12.8 Å². The maximum atomic E-state index is 11.3. The Morgan fingerprint density at radius 3 is 2.07 bits per heavy atom. The molecule has 0 aliphatic heterocycles. The van der Waals surface area contributed by atoms with Gasteiger partial charge in [-0.1, -0.05) is 52.4 Å². The van der Waals surface area contributed by atoms with Crippen molar-refractivity contribution in [3.63, 3.8) is 0 Å². The van der Waals surface area contributed by atoms with Crippen LogP contribution in [0.15, 0.2) is 0 Å². The van der Waals surface area contributed by atoms with Crippen LogP contribution in [0.1, 0.15) is 71.1 Å². The first-order valence-corrected chi connectivity index (χ1v) is 6.12. The van der Waals surface area contributed by atoms with Crippen LogP contribution in [-0.4, -0.2) is 5.78 Å². The molecule has 0 saturated heterocycles. The first-order chi connectivity index (χ1) is 6.81. The van der Waals surface area contributed by atoms with Gasteiger partial charge in [0.05, 0.1) is 0 Å². The Labute approximate surface area is 89.3 Å². The first-order valence-electron chi connectivity index (χ1n) is 6.12. The minimum Gasteiger partial charge on any atom is -0.300 e. The third-order valence-corrected chi connectivity index (χ3v) is 2.51. The molecular weight excluding hydrogens is 172 g/mol. The molecular formula is C13H25O. The number of unbranched alkanes of at least 4 members (excludes halogenated alkanes) is 6. The zero-order chi connectivity index (χ0) is 10.6. The lowest BCUT2D eigenvalue weighted by atomic mass is 10.0. The topological polar surface area (TPSA) is 17.1 Å². The summed E-state index contributed by atoms with van der Waals surface area (Å²) in [6, 6.07) is 0. The zero-order valence-electron chi connectivity index (χ0n) is 9.69. The lowest BCUT2D eigenvalue weighted by Crippen LogP contribution is -1.97. The van der Waals surface area contributed by atoms with Crippen LogP contribution >= 0.6 is 0 Å². The zero-order valence-corrected chi connectivity index (χ0v) is 9.69. The third-order valence-electron chi connectivity index (χ3n) is 2.51. The molecule has 0 bridgehead atoms. The van der Waals surface area contributed by atoms with E-state index in [4.69, 9.17) is 0 Å². The van der Waals surface area contributed by atoms with E-state index in [1.165, 1.54) is 25.7 Å². The van der Waals surface area contributed by atoms with Crippen LogP contribution in [0.25, 0.3) is 0 Å². The van der Waals surface area contributed by atoms with E-state index in [1.807, 2.05) is 0 Å². The number of carbonyl (C=O) groups excluding carboxylic acids is 1. The van der Waals surface area contributed by atoms with Gasteiger partial charge >= 0.3 is 0 Å². The van der Waals surface area contributed by atoms with E-state index in [0.29, 0.717) is 5.78 Å². The molecule has 0 amide bonds. The molecule has 0 rings (SSSR count). The predicted molar refractivity (Wildman–Crippen MR) is 62.2 cm³/mol. The van der Waals surface area contributed by atoms with Crippen LogP contribution < -0.4 is 0 Å². The van der Waals surface area contributed by atoms with Crippen molar-refractivity contribution in [2.24, 2.45) is 0 Å². The number of hydrogen-bond acceptors (Lipinski definition) is 1. The average Bonchev–Trinajstić information content (AvgIpc) is 2.18. The quantitative estimate of drug-likeness (QED) is 0.477. The summed E-state index contributed by atoms with van der Waals surface area (Å²) in [5.41, 5.74) is 0. The van der Waals surface area contributed by atoms with Gasteiger partial charge in [-0.3, -0.25) is 4.79 Å². The number of rotatable bonds is 10. The highest BCUT2D eigenvalue weighted by molar-refractivity contribution is 5.78. The van der Waals surface area contributed by atoms with Crippen LogP contribution in [0.4, 0.5) is 0 Å². The summed E-state index contributed by atoms with van der Waals surface area (Å²) in [6.45, 7) is 5.98. The summed E-state index contributed by atoms with van der Waals surface area (Å²) >= 11 is 0. The maximum absolute atomic E-state index is 11.3. The number of carbonyl (C=O) groups is 1. The first kappa shape index (κ1) is 13.7. The predicted octanol–water partition coefficient (Wildman–Crippen LogP) is 4.31. The molecule has 1 radical (unpaired) electrons. The molecule has 1 nitrogen and oxygen atoms in total. The van der Waals surface area contributed by atoms with Crippen molar-refractivity contribution in [3.8, 4) is 0 Å². The van der Waals surface area contributed by atoms with Crippen molar-refractivity contribution >= 4 is 5.78 Å². The molecule has 0 fully saturated rings. The number of hydrogen-bond donors (Lipinski definition) is 0. The monoisotopic (exact) mass is 197 g/mol. The fourth-order valence-corrected chi connectivity index (χ4v) is 1.55. The second-order valence-corrected chi connectivity index (χ2v) is 4.01. The van der Waals surface area contributed by atoms with E-state index in [0.717, 1.165) is 38.5 Å². The van der Waals surface area contributed by atoms with Crippen LogP contribution in [0, 0.1) is 6.92 Å². The average molecular weight is 197 g/mol. The summed E-state index contributed by atoms with van der Waals surface area (Å²) in [5, 5.41) is 0. The van der Waals surface area contributed by atoms with Crippen molar-refractivity contribution in [1.82, 2.24) is 0 Å². The van der Waals surface area contributed by atoms with Crippen LogP contribution in [-0.2, 0) is 4.79 Å². The second kappa shape index (κ2) is 10.7. The summed E-state index contributed by atoms with van der Waals surface area (Å²) in [5.74, 6) is 0.454. The highest BCUT2D eigenvalue weighted by Gasteiger charge is 2.00. The molecule has 1 heteroatoms. The van der Waals surface area contributed by atoms with E-state index in [1.54, 1.807) is 0 Å². The molecule has 14 heavy (non-hydrogen) atoms. The van der Waals surface area contributed by atoms with Gasteiger partial charge in [0.2, 0.25) is 0 Å². The molecule has 0 unspecified atom stereocenters. The summed E-state index contributed by atoms with van der Waals surface area (Å²) in [6.07, 6.45) is 10.9. The van der Waals surface area contributed by atoms with Crippen LogP contribution in [0.3, 0.4) is 0 Å². The van der Waals surface area contributed by atoms with Crippen molar-refractivity contribution in [2.75, 3.05) is 0 Å². The molecule has 83 valence electrons. The molecule has 0 spiro atoms. The van der Waals surface area contributed by atoms with E-state index in [9.17, 15) is 4.79 Å². The van der Waals surface area contributed by atoms with Gasteiger partial charge in [0.15, 0.2) is 0 Å². The minimum atomic E-state index is 0.454. The molecule has 0 aliphatic carbocycles. The Balaban J connectivity index is 3.10. The van der Waals surface area contributed by atoms with Gasteiger partial charge in [-0.25, -0.2) is 0 Å². The smallest absolute Gasteiger partial charge is 0.132 e. The van der Waals surface area contributed by atoms with Crippen LogP contribution in [0.5, 0.6) is 0 Å². The normalized spacial score (nSPS) is 10.4. The molecule has 0 N–H and O–H groups in total. The second-order valence-electron chi connectivity index (χ2n) is 4.01. The largest absolute Gasteiger partial charge is 0.300 e. The summed E-state index contributed by atoms with van der Waals surface area (Å²) < 4.78 is 0. The Hall–Kier alpha value is -0.330. The summed E-state index contributed by atoms with van der Waals surface area (Å²) in [7, 11) is 0. The van der Waals surface area contributed by atoms with Gasteiger partial charge in [-0.05, 0) is 12.8 Å². The van der Waals surface area contributed by atoms with E-state index in [2.05, 4.69) is 13.8 Å². The van der Waals surface area contributed by atoms with Crippen LogP contribution in [0.2, 0.25) is 0 Å². The van der Waals surface area contributed by atoms with Gasteiger partial charge in [-0.15, -0.1) is 0 Å². The fourth-order valence-electron chi connectivity index (χ4n) is 1.55. The SMILES string of the molecule is [CH2]CCCCC(=O)CCCCCCC. The number of Topliss-reactive ketones (excluding diaryl/α,β-unsaturated/α-hetero) is 1. The molecule has 0 aromatic carbocycles. The van der Waals surface area contributed by atoms with Gasteiger partial charge in [0.1, 0.15) is 5.78 Å². The molecule has 0 atom stereocenters. The van der Waals surface area contributed by atoms with E-state index in [-0.39, 0.29) is 0 Å². The Morgan fingerprint density at radius 1 is 0.929 bits per heavy atom. The van der Waals surface area contributed by atoms with E-state index >= 15 is 0 Å². The lowest BCUT2D eigenvalue weighted by molar-refractivity contribution is -0.119. The maximum Gasteiger partial charge on any atom is 0.132 e. The van der Waals surface area contributed by atoms with Crippen molar-refractivity contribution < 1.29 is 4.79 Å². The summed E-state index contributed by atoms with van der Waals surface area (Å²) in [4.78, 5) is 11.3. The highest BCUT2D eigenvalue weighted by atomic mass is 16.1. The molecule has 0 aliphatic rings. The van der Waals surface area contributed by atoms with Crippen molar-refractivity contribution in [1.29, 1.82) is 0 Å². The minimum absolute atomic E-state index is 0.454. The van der Waals surface area contributed by atoms with E-state index < -0.39 is 0 Å². The molecule has 0 heterocycles. The van der Waals surface area contributed by atoms with Crippen molar-refractivity contribution in [2.45, 2.75) is 71.1 Å². The molecule has 0 aromatic rings. The Kier molecular flexibility index (Phi) is 10.5. The Bertz CT molecular complexity index is 129. The third kappa shape index (κ3) is 9.76. The van der Waals surface area contributed by atoms with Gasteiger partial charge < -0.3 is 0 Å². The molecule has 0 saturated carbocycles. The van der Waals surface area contributed by atoms with Crippen molar-refractivity contribution in [3.05, 3.63) is 6.92 Å². The van der Waals surface area contributed by atoms with Gasteiger partial charge in [0.25, 0.3) is 0 Å².